The van der Waals surface area contributed by atoms with Crippen LogP contribution in [0.2, 0.25) is 0 Å². The number of hydrogen-bond donors (Lipinski definition) is 4. The second-order valence-electron chi connectivity index (χ2n) is 6.23. The Hall–Kier alpha value is -2.62. The molecule has 4 atom stereocenters. The van der Waals surface area contributed by atoms with E-state index in [1.807, 2.05) is 0 Å². The molecule has 0 amide bonds. The number of carbonyl (C=O) groups excluding carboxylic acids is 1. The minimum Gasteiger partial charge on any atom is -0.493 e. The SMILES string of the molecule is COc1ccc(C=CC(=O)OC2CC(O)(C(=O)O)CC(O)C2O)cc1OC. The molecule has 0 radical (unpaired) electrons. The van der Waals surface area contributed by atoms with Crippen LogP contribution in [0.15, 0.2) is 24.3 Å². The predicted molar refractivity (Wildman–Crippen MR) is 92.3 cm³/mol. The molecule has 1 aromatic rings. The third-order valence-corrected chi connectivity index (χ3v) is 4.35. The average Bonchev–Trinajstić information content (AvgIpc) is 2.63. The van der Waals surface area contributed by atoms with E-state index in [9.17, 15) is 24.9 Å². The van der Waals surface area contributed by atoms with Crippen LogP contribution in [0.25, 0.3) is 6.08 Å². The van der Waals surface area contributed by atoms with Gasteiger partial charge in [0.25, 0.3) is 0 Å². The number of rotatable bonds is 6. The molecule has 0 heterocycles. The van der Waals surface area contributed by atoms with Crippen LogP contribution in [0.1, 0.15) is 18.4 Å². The van der Waals surface area contributed by atoms with Crippen molar-refractivity contribution in [3.05, 3.63) is 29.8 Å². The van der Waals surface area contributed by atoms with E-state index < -0.39 is 48.7 Å². The van der Waals surface area contributed by atoms with Gasteiger partial charge in [-0.3, -0.25) is 0 Å². The second-order valence-corrected chi connectivity index (χ2v) is 6.23. The number of carbonyl (C=O) groups is 2. The van der Waals surface area contributed by atoms with Gasteiger partial charge < -0.3 is 34.6 Å². The zero-order chi connectivity index (χ0) is 20.2. The first-order valence-corrected chi connectivity index (χ1v) is 8.13. The molecule has 148 valence electrons. The number of ether oxygens (including phenoxy) is 3. The summed E-state index contributed by atoms with van der Waals surface area (Å²) in [6, 6.07) is 4.95. The molecule has 4 unspecified atom stereocenters. The Morgan fingerprint density at radius 2 is 1.81 bits per heavy atom. The molecule has 2 rings (SSSR count). The van der Waals surface area contributed by atoms with Crippen molar-refractivity contribution in [3.8, 4) is 11.5 Å². The summed E-state index contributed by atoms with van der Waals surface area (Å²) in [6.07, 6.45) is -2.98. The van der Waals surface area contributed by atoms with Gasteiger partial charge in [-0.15, -0.1) is 0 Å². The number of methoxy groups -OCH3 is 2. The first kappa shape index (κ1) is 20.7. The molecule has 27 heavy (non-hydrogen) atoms. The van der Waals surface area contributed by atoms with E-state index in [4.69, 9.17) is 19.3 Å². The van der Waals surface area contributed by atoms with Crippen LogP contribution in [-0.4, -0.2) is 70.5 Å². The van der Waals surface area contributed by atoms with E-state index in [0.717, 1.165) is 6.08 Å². The van der Waals surface area contributed by atoms with Gasteiger partial charge in [0.05, 0.1) is 20.3 Å². The van der Waals surface area contributed by atoms with Gasteiger partial charge in [0.1, 0.15) is 12.2 Å². The van der Waals surface area contributed by atoms with Crippen molar-refractivity contribution < 1.29 is 44.2 Å². The molecular weight excluding hydrogens is 360 g/mol. The molecule has 1 aliphatic carbocycles. The van der Waals surface area contributed by atoms with E-state index in [-0.39, 0.29) is 0 Å². The summed E-state index contributed by atoms with van der Waals surface area (Å²) >= 11 is 0. The zero-order valence-corrected chi connectivity index (χ0v) is 14.9. The van der Waals surface area contributed by atoms with Crippen LogP contribution in [0.3, 0.4) is 0 Å². The third-order valence-electron chi connectivity index (χ3n) is 4.35. The summed E-state index contributed by atoms with van der Waals surface area (Å²) < 4.78 is 15.3. The quantitative estimate of drug-likeness (QED) is 0.394. The number of hydrogen-bond acceptors (Lipinski definition) is 8. The molecule has 0 spiro atoms. The summed E-state index contributed by atoms with van der Waals surface area (Å²) in [5.41, 5.74) is -1.67. The number of aliphatic hydroxyl groups excluding tert-OH is 2. The molecule has 1 fully saturated rings. The number of esters is 1. The van der Waals surface area contributed by atoms with Gasteiger partial charge >= 0.3 is 11.9 Å². The van der Waals surface area contributed by atoms with Gasteiger partial charge in [0.15, 0.2) is 17.1 Å². The lowest BCUT2D eigenvalue weighted by Gasteiger charge is -2.39. The largest absolute Gasteiger partial charge is 0.493 e. The fraction of sp³-hybridized carbons (Fsp3) is 0.444. The monoisotopic (exact) mass is 382 g/mol. The van der Waals surface area contributed by atoms with Gasteiger partial charge in [-0.1, -0.05) is 6.07 Å². The number of carboxylic acid groups (broad SMARTS) is 1. The zero-order valence-electron chi connectivity index (χ0n) is 14.9. The second kappa shape index (κ2) is 8.38. The van der Waals surface area contributed by atoms with E-state index in [2.05, 4.69) is 0 Å². The van der Waals surface area contributed by atoms with Crippen molar-refractivity contribution >= 4 is 18.0 Å². The molecular formula is C18H22O9. The Bertz CT molecular complexity index is 730. The third kappa shape index (κ3) is 4.76. The van der Waals surface area contributed by atoms with Crippen molar-refractivity contribution in [1.29, 1.82) is 0 Å². The fourth-order valence-corrected chi connectivity index (χ4v) is 2.85. The van der Waals surface area contributed by atoms with Crippen molar-refractivity contribution in [1.82, 2.24) is 0 Å². The molecule has 0 saturated heterocycles. The van der Waals surface area contributed by atoms with E-state index in [1.165, 1.54) is 20.3 Å². The molecule has 1 aliphatic rings. The van der Waals surface area contributed by atoms with Gasteiger partial charge in [-0.25, -0.2) is 9.59 Å². The number of benzene rings is 1. The first-order valence-electron chi connectivity index (χ1n) is 8.13. The molecule has 0 aromatic heterocycles. The van der Waals surface area contributed by atoms with E-state index >= 15 is 0 Å². The Kier molecular flexibility index (Phi) is 6.42. The molecule has 1 aromatic carbocycles. The van der Waals surface area contributed by atoms with Gasteiger partial charge in [0, 0.05) is 18.9 Å². The average molecular weight is 382 g/mol. The van der Waals surface area contributed by atoms with Crippen LogP contribution in [-0.2, 0) is 14.3 Å². The van der Waals surface area contributed by atoms with Crippen LogP contribution in [0.4, 0.5) is 0 Å². The Morgan fingerprint density at radius 3 is 2.41 bits per heavy atom. The molecule has 0 aliphatic heterocycles. The maximum absolute atomic E-state index is 12.0. The van der Waals surface area contributed by atoms with Crippen LogP contribution < -0.4 is 9.47 Å². The maximum atomic E-state index is 12.0. The highest BCUT2D eigenvalue weighted by Crippen LogP contribution is 2.31. The Balaban J connectivity index is 2.08. The van der Waals surface area contributed by atoms with E-state index in [0.29, 0.717) is 17.1 Å². The standard InChI is InChI=1S/C18H22O9/c1-25-12-5-3-10(7-13(12)26-2)4-6-15(20)27-14-9-18(24,17(22)23)8-11(19)16(14)21/h3-7,11,14,16,19,21,24H,8-9H2,1-2H3,(H,22,23). The smallest absolute Gasteiger partial charge is 0.335 e. The van der Waals surface area contributed by atoms with Crippen molar-refractivity contribution in [2.75, 3.05) is 14.2 Å². The molecule has 1 saturated carbocycles. The lowest BCUT2D eigenvalue weighted by atomic mass is 9.79. The highest BCUT2D eigenvalue weighted by atomic mass is 16.6. The normalized spacial score (nSPS) is 28.0. The Morgan fingerprint density at radius 1 is 1.15 bits per heavy atom. The van der Waals surface area contributed by atoms with Gasteiger partial charge in [0.2, 0.25) is 0 Å². The number of carboxylic acids is 1. The highest BCUT2D eigenvalue weighted by Gasteiger charge is 2.50. The summed E-state index contributed by atoms with van der Waals surface area (Å²) in [7, 11) is 2.96. The van der Waals surface area contributed by atoms with E-state index in [1.54, 1.807) is 18.2 Å². The molecule has 9 nitrogen and oxygen atoms in total. The topological polar surface area (TPSA) is 143 Å². The lowest BCUT2D eigenvalue weighted by molar-refractivity contribution is -0.196. The predicted octanol–water partition coefficient (Wildman–Crippen LogP) is -0.0399. The van der Waals surface area contributed by atoms with Crippen LogP contribution in [0.5, 0.6) is 11.5 Å². The van der Waals surface area contributed by atoms with Crippen molar-refractivity contribution in [2.24, 2.45) is 0 Å². The Labute approximate surface area is 155 Å². The highest BCUT2D eigenvalue weighted by molar-refractivity contribution is 5.87. The van der Waals surface area contributed by atoms with Crippen LogP contribution >= 0.6 is 0 Å². The lowest BCUT2D eigenvalue weighted by Crippen LogP contribution is -2.57. The summed E-state index contributed by atoms with van der Waals surface area (Å²) in [4.78, 5) is 23.2. The van der Waals surface area contributed by atoms with Crippen LogP contribution in [0, 0.1) is 0 Å². The molecule has 9 heteroatoms. The molecule has 4 N–H and O–H groups in total. The van der Waals surface area contributed by atoms with Gasteiger partial charge in [-0.2, -0.15) is 0 Å². The fourth-order valence-electron chi connectivity index (χ4n) is 2.85. The number of aliphatic hydroxyl groups is 3. The van der Waals surface area contributed by atoms with Gasteiger partial charge in [-0.05, 0) is 23.8 Å². The minimum absolute atomic E-state index is 0.463. The summed E-state index contributed by atoms with van der Waals surface area (Å²) in [6.45, 7) is 0. The first-order chi connectivity index (χ1) is 12.7. The maximum Gasteiger partial charge on any atom is 0.335 e. The minimum atomic E-state index is -2.28. The van der Waals surface area contributed by atoms with Crippen molar-refractivity contribution in [2.45, 2.75) is 36.8 Å². The number of aliphatic carboxylic acids is 1. The van der Waals surface area contributed by atoms with Crippen molar-refractivity contribution in [3.63, 3.8) is 0 Å². The summed E-state index contributed by atoms with van der Waals surface area (Å²) in [5.74, 6) is -1.44. The summed E-state index contributed by atoms with van der Waals surface area (Å²) in [5, 5.41) is 38.8. The molecule has 0 bridgehead atoms.